The minimum Gasteiger partial charge on any atom is -0.369 e. The maximum Gasteiger partial charge on any atom is 0.183 e. The van der Waals surface area contributed by atoms with Crippen LogP contribution in [0.25, 0.3) is 11.0 Å². The molecule has 4 nitrogen and oxygen atoms in total. The lowest BCUT2D eigenvalue weighted by Gasteiger charge is -2.21. The fourth-order valence-electron chi connectivity index (χ4n) is 1.91. The molecule has 0 saturated carbocycles. The predicted octanol–water partition coefficient (Wildman–Crippen LogP) is 1.49. The summed E-state index contributed by atoms with van der Waals surface area (Å²) in [6.45, 7) is 4.23. The summed E-state index contributed by atoms with van der Waals surface area (Å²) in [4.78, 5) is 4.24. The normalized spacial score (nSPS) is 20.5. The first kappa shape index (κ1) is 7.79. The van der Waals surface area contributed by atoms with E-state index in [4.69, 9.17) is 0 Å². The van der Waals surface area contributed by atoms with Crippen molar-refractivity contribution in [2.75, 3.05) is 11.9 Å². The summed E-state index contributed by atoms with van der Waals surface area (Å²) in [5.41, 5.74) is 0.837. The Morgan fingerprint density at radius 3 is 3.43 bits per heavy atom. The highest BCUT2D eigenvalue weighted by atomic mass is 15.4. The smallest absolute Gasteiger partial charge is 0.183 e. The van der Waals surface area contributed by atoms with E-state index in [1.54, 1.807) is 6.20 Å². The second kappa shape index (κ2) is 2.70. The van der Waals surface area contributed by atoms with Gasteiger partial charge >= 0.3 is 0 Å². The van der Waals surface area contributed by atoms with Gasteiger partial charge in [-0.1, -0.05) is 6.92 Å². The molecule has 3 heterocycles. The number of hydrogen-bond donors (Lipinski definition) is 1. The van der Waals surface area contributed by atoms with Gasteiger partial charge in [0.25, 0.3) is 0 Å². The van der Waals surface area contributed by atoms with Gasteiger partial charge in [-0.2, -0.15) is 5.10 Å². The van der Waals surface area contributed by atoms with Gasteiger partial charge in [0.05, 0.1) is 5.39 Å². The van der Waals surface area contributed by atoms with Crippen LogP contribution in [0.5, 0.6) is 0 Å². The van der Waals surface area contributed by atoms with Crippen LogP contribution in [0.15, 0.2) is 18.3 Å². The Kier molecular flexibility index (Phi) is 1.50. The molecule has 4 heteroatoms. The SMILES string of the molecule is CC1CNc2c3cccnc3nn2C1. The van der Waals surface area contributed by atoms with Crippen molar-refractivity contribution in [1.29, 1.82) is 0 Å². The Morgan fingerprint density at radius 2 is 2.50 bits per heavy atom. The average Bonchev–Trinajstić information content (AvgIpc) is 2.54. The zero-order valence-electron chi connectivity index (χ0n) is 8.07. The molecule has 0 radical (unpaired) electrons. The first-order chi connectivity index (χ1) is 6.84. The van der Waals surface area contributed by atoms with Crippen molar-refractivity contribution in [3.8, 4) is 0 Å². The monoisotopic (exact) mass is 188 g/mol. The minimum absolute atomic E-state index is 0.636. The first-order valence-corrected chi connectivity index (χ1v) is 4.90. The molecule has 2 aromatic rings. The summed E-state index contributed by atoms with van der Waals surface area (Å²) in [6, 6.07) is 4.01. The fourth-order valence-corrected chi connectivity index (χ4v) is 1.91. The van der Waals surface area contributed by atoms with Crippen molar-refractivity contribution in [1.82, 2.24) is 14.8 Å². The Morgan fingerprint density at radius 1 is 1.57 bits per heavy atom. The highest BCUT2D eigenvalue weighted by molar-refractivity contribution is 5.87. The second-order valence-electron chi connectivity index (χ2n) is 3.89. The average molecular weight is 188 g/mol. The van der Waals surface area contributed by atoms with Gasteiger partial charge in [0.1, 0.15) is 5.82 Å². The molecule has 3 rings (SSSR count). The lowest BCUT2D eigenvalue weighted by atomic mass is 10.1. The molecule has 14 heavy (non-hydrogen) atoms. The maximum absolute atomic E-state index is 4.45. The van der Waals surface area contributed by atoms with Crippen molar-refractivity contribution in [2.24, 2.45) is 5.92 Å². The molecule has 0 aromatic carbocycles. The Labute approximate surface area is 81.9 Å². The van der Waals surface area contributed by atoms with Crippen LogP contribution in [-0.4, -0.2) is 21.3 Å². The van der Waals surface area contributed by atoms with Gasteiger partial charge in [-0.15, -0.1) is 0 Å². The molecule has 2 aromatic heterocycles. The van der Waals surface area contributed by atoms with Crippen LogP contribution < -0.4 is 5.32 Å². The highest BCUT2D eigenvalue weighted by Crippen LogP contribution is 2.25. The van der Waals surface area contributed by atoms with Crippen molar-refractivity contribution in [3.63, 3.8) is 0 Å². The van der Waals surface area contributed by atoms with Crippen molar-refractivity contribution in [3.05, 3.63) is 18.3 Å². The summed E-state index contributed by atoms with van der Waals surface area (Å²) < 4.78 is 2.02. The van der Waals surface area contributed by atoms with Gasteiger partial charge in [0.2, 0.25) is 0 Å². The third-order valence-electron chi connectivity index (χ3n) is 2.62. The summed E-state index contributed by atoms with van der Waals surface area (Å²) >= 11 is 0. The van der Waals surface area contributed by atoms with Crippen LogP contribution >= 0.6 is 0 Å². The van der Waals surface area contributed by atoms with Crippen LogP contribution in [0.2, 0.25) is 0 Å². The van der Waals surface area contributed by atoms with E-state index in [9.17, 15) is 0 Å². The summed E-state index contributed by atoms with van der Waals surface area (Å²) in [5.74, 6) is 1.75. The van der Waals surface area contributed by atoms with Crippen LogP contribution in [-0.2, 0) is 6.54 Å². The number of anilines is 1. The van der Waals surface area contributed by atoms with Crippen LogP contribution in [0.3, 0.4) is 0 Å². The van der Waals surface area contributed by atoms with Gasteiger partial charge in [-0.3, -0.25) is 0 Å². The molecule has 1 aliphatic rings. The minimum atomic E-state index is 0.636. The van der Waals surface area contributed by atoms with Gasteiger partial charge in [-0.25, -0.2) is 9.67 Å². The molecular formula is C10H12N4. The standard InChI is InChI=1S/C10H12N4/c1-7-5-12-10-8-3-2-4-11-9(8)13-14(10)6-7/h2-4,7,12H,5-6H2,1H3. The van der Waals surface area contributed by atoms with Crippen LogP contribution in [0.1, 0.15) is 6.92 Å². The molecule has 0 aliphatic carbocycles. The number of nitrogens with zero attached hydrogens (tertiary/aromatic N) is 3. The maximum atomic E-state index is 4.45. The van der Waals surface area contributed by atoms with Crippen molar-refractivity contribution in [2.45, 2.75) is 13.5 Å². The van der Waals surface area contributed by atoms with Gasteiger partial charge < -0.3 is 5.32 Å². The van der Waals surface area contributed by atoms with E-state index in [2.05, 4.69) is 28.4 Å². The highest BCUT2D eigenvalue weighted by Gasteiger charge is 2.18. The number of aromatic nitrogens is 3. The molecule has 1 unspecified atom stereocenters. The Balaban J connectivity index is 2.24. The van der Waals surface area contributed by atoms with Crippen molar-refractivity contribution >= 4 is 16.9 Å². The van der Waals surface area contributed by atoms with Crippen molar-refractivity contribution < 1.29 is 0 Å². The summed E-state index contributed by atoms with van der Waals surface area (Å²) in [7, 11) is 0. The molecule has 1 atom stereocenters. The zero-order valence-corrected chi connectivity index (χ0v) is 8.07. The Bertz CT molecular complexity index is 474. The van der Waals surface area contributed by atoms with E-state index < -0.39 is 0 Å². The quantitative estimate of drug-likeness (QED) is 0.681. The van der Waals surface area contributed by atoms with Gasteiger partial charge in [0, 0.05) is 19.3 Å². The molecule has 72 valence electrons. The molecule has 0 amide bonds. The number of rotatable bonds is 0. The molecule has 0 spiro atoms. The lowest BCUT2D eigenvalue weighted by Crippen LogP contribution is -2.25. The molecule has 0 bridgehead atoms. The zero-order chi connectivity index (χ0) is 9.54. The topological polar surface area (TPSA) is 42.7 Å². The third-order valence-corrected chi connectivity index (χ3v) is 2.62. The number of pyridine rings is 1. The first-order valence-electron chi connectivity index (χ1n) is 4.90. The van der Waals surface area contributed by atoms with Gasteiger partial charge in [-0.05, 0) is 18.1 Å². The number of hydrogen-bond acceptors (Lipinski definition) is 3. The molecular weight excluding hydrogens is 176 g/mol. The van der Waals surface area contributed by atoms with Crippen LogP contribution in [0.4, 0.5) is 5.82 Å². The van der Waals surface area contributed by atoms with E-state index in [0.29, 0.717) is 5.92 Å². The van der Waals surface area contributed by atoms with E-state index in [-0.39, 0.29) is 0 Å². The molecule has 0 saturated heterocycles. The molecule has 1 N–H and O–H groups in total. The van der Waals surface area contributed by atoms with Crippen LogP contribution in [0, 0.1) is 5.92 Å². The predicted molar refractivity (Wildman–Crippen MR) is 55.2 cm³/mol. The summed E-state index contributed by atoms with van der Waals surface area (Å²) in [6.07, 6.45) is 1.78. The van der Waals surface area contributed by atoms with Gasteiger partial charge in [0.15, 0.2) is 5.65 Å². The third kappa shape index (κ3) is 0.999. The fraction of sp³-hybridized carbons (Fsp3) is 0.400. The number of fused-ring (bicyclic) bond motifs is 3. The van der Waals surface area contributed by atoms with E-state index in [0.717, 1.165) is 29.9 Å². The summed E-state index contributed by atoms with van der Waals surface area (Å²) in [5, 5.41) is 8.97. The second-order valence-corrected chi connectivity index (χ2v) is 3.89. The van der Waals surface area contributed by atoms with E-state index in [1.165, 1.54) is 0 Å². The lowest BCUT2D eigenvalue weighted by molar-refractivity contribution is 0.447. The van der Waals surface area contributed by atoms with E-state index in [1.807, 2.05) is 10.7 Å². The van der Waals surface area contributed by atoms with E-state index >= 15 is 0 Å². The number of nitrogens with one attached hydrogen (secondary N) is 1. The molecule has 0 fully saturated rings. The molecule has 1 aliphatic heterocycles. The Hall–Kier alpha value is -1.58. The largest absolute Gasteiger partial charge is 0.369 e.